The third kappa shape index (κ3) is 17.6. The SMILES string of the molecule is CC(C)C(NC(=O)CCC(C)(C)OCCC(C)(C)NC(=O)CCCN1C(=O)C=CC1=O)C(=O)NCC(=O)Nc1ccc(COC(=O)N(C)CCN(C)C(=O)Oc2ccc3ccc(=O)oc3c2)cc1. The van der Waals surface area contributed by atoms with Crippen molar-refractivity contribution in [3.63, 3.8) is 0 Å². The number of hydrogen-bond donors (Lipinski definition) is 4. The van der Waals surface area contributed by atoms with Crippen LogP contribution in [-0.4, -0.2) is 126 Å². The molecule has 2 heterocycles. The summed E-state index contributed by atoms with van der Waals surface area (Å²) in [5.74, 6) is -2.45. The summed E-state index contributed by atoms with van der Waals surface area (Å²) in [6.07, 6.45) is 2.50. The minimum atomic E-state index is -0.899. The van der Waals surface area contributed by atoms with Gasteiger partial charge in [-0.1, -0.05) is 26.0 Å². The van der Waals surface area contributed by atoms with Crippen molar-refractivity contribution in [1.82, 2.24) is 30.7 Å². The zero-order valence-corrected chi connectivity index (χ0v) is 39.9. The van der Waals surface area contributed by atoms with Crippen molar-refractivity contribution in [2.45, 2.75) is 97.4 Å². The van der Waals surface area contributed by atoms with E-state index in [0.717, 1.165) is 4.90 Å². The minimum Gasteiger partial charge on any atom is -0.445 e. The van der Waals surface area contributed by atoms with Gasteiger partial charge in [-0.2, -0.15) is 0 Å². The maximum atomic E-state index is 13.1. The Labute approximate surface area is 395 Å². The van der Waals surface area contributed by atoms with Gasteiger partial charge in [0, 0.05) is 94.1 Å². The lowest BCUT2D eigenvalue weighted by molar-refractivity contribution is -0.137. The fourth-order valence-electron chi connectivity index (χ4n) is 6.59. The molecule has 0 aliphatic carbocycles. The maximum Gasteiger partial charge on any atom is 0.415 e. The summed E-state index contributed by atoms with van der Waals surface area (Å²) in [6.45, 7) is 11.3. The van der Waals surface area contributed by atoms with E-state index in [1.165, 1.54) is 48.2 Å². The number of anilines is 1. The Morgan fingerprint density at radius 2 is 1.43 bits per heavy atom. The lowest BCUT2D eigenvalue weighted by Crippen LogP contribution is -2.51. The number of fused-ring (bicyclic) bond motifs is 1. The van der Waals surface area contributed by atoms with Gasteiger partial charge in [-0.25, -0.2) is 14.4 Å². The Bertz CT molecular complexity index is 2380. The summed E-state index contributed by atoms with van der Waals surface area (Å²) in [6, 6.07) is 13.2. The quantitative estimate of drug-likeness (QED) is 0.0725. The van der Waals surface area contributed by atoms with Crippen LogP contribution in [0.2, 0.25) is 0 Å². The maximum absolute atomic E-state index is 13.1. The first-order valence-corrected chi connectivity index (χ1v) is 22.3. The second-order valence-corrected chi connectivity index (χ2v) is 18.0. The number of rotatable bonds is 24. The van der Waals surface area contributed by atoms with E-state index in [1.807, 2.05) is 27.7 Å². The number of imide groups is 1. The lowest BCUT2D eigenvalue weighted by Gasteiger charge is -2.30. The van der Waals surface area contributed by atoms with Gasteiger partial charge in [0.15, 0.2) is 0 Å². The van der Waals surface area contributed by atoms with Gasteiger partial charge in [0.1, 0.15) is 24.0 Å². The van der Waals surface area contributed by atoms with Crippen LogP contribution >= 0.6 is 0 Å². The Kier molecular flexibility index (Phi) is 19.4. The van der Waals surface area contributed by atoms with E-state index in [4.69, 9.17) is 18.6 Å². The number of nitrogens with zero attached hydrogens (tertiary/aromatic N) is 3. The van der Waals surface area contributed by atoms with Crippen LogP contribution in [0.3, 0.4) is 0 Å². The Morgan fingerprint density at radius 1 is 0.779 bits per heavy atom. The molecule has 1 atom stereocenters. The monoisotopic (exact) mass is 945 g/mol. The number of likely N-dealkylation sites (N-methyl/N-ethyl adjacent to an activating group) is 2. The van der Waals surface area contributed by atoms with Crippen LogP contribution in [-0.2, 0) is 44.8 Å². The first-order chi connectivity index (χ1) is 32.0. The van der Waals surface area contributed by atoms with Crippen LogP contribution in [0.5, 0.6) is 5.75 Å². The van der Waals surface area contributed by atoms with E-state index in [0.29, 0.717) is 42.5 Å². The number of carbonyl (C=O) groups excluding carboxylic acids is 8. The van der Waals surface area contributed by atoms with Crippen molar-refractivity contribution >= 4 is 64.3 Å². The standard InChI is InChI=1S/C48H63N7O13/c1-31(2)43(51-37(56)21-22-48(5,6)66-27-23-47(3,4)52-38(57)10-9-24-55-40(59)18-19-41(55)60)44(62)49-29-39(58)50-34-15-11-32(12-16-34)30-65-45(63)53(7)25-26-54(8)46(64)67-35-17-13-33-14-20-42(61)68-36(33)28-35/h11-20,28,31,43H,9-10,21-27,29-30H2,1-8H3,(H,49,62)(H,50,58)(H,51,56)(H,52,57). The lowest BCUT2D eigenvalue weighted by atomic mass is 9.99. The zero-order chi connectivity index (χ0) is 50.2. The summed E-state index contributed by atoms with van der Waals surface area (Å²) in [4.78, 5) is 115. The van der Waals surface area contributed by atoms with Gasteiger partial charge in [-0.3, -0.25) is 33.7 Å². The first kappa shape index (κ1) is 53.5. The highest BCUT2D eigenvalue weighted by Crippen LogP contribution is 2.22. The normalized spacial score (nSPS) is 13.0. The highest BCUT2D eigenvalue weighted by atomic mass is 16.6. The molecule has 0 radical (unpaired) electrons. The fourth-order valence-corrected chi connectivity index (χ4v) is 6.59. The van der Waals surface area contributed by atoms with E-state index < -0.39 is 46.8 Å². The number of ether oxygens (including phenoxy) is 3. The average Bonchev–Trinajstić information content (AvgIpc) is 3.59. The molecule has 1 aliphatic rings. The van der Waals surface area contributed by atoms with Crippen molar-refractivity contribution in [2.75, 3.05) is 52.2 Å². The van der Waals surface area contributed by atoms with Crippen molar-refractivity contribution in [3.05, 3.63) is 82.7 Å². The van der Waals surface area contributed by atoms with Gasteiger partial charge in [-0.15, -0.1) is 0 Å². The third-order valence-corrected chi connectivity index (χ3v) is 10.8. The van der Waals surface area contributed by atoms with E-state index in [2.05, 4.69) is 21.3 Å². The van der Waals surface area contributed by atoms with Crippen molar-refractivity contribution < 1.29 is 57.0 Å². The molecule has 20 nitrogen and oxygen atoms in total. The van der Waals surface area contributed by atoms with E-state index >= 15 is 0 Å². The van der Waals surface area contributed by atoms with Gasteiger partial charge < -0.3 is 49.7 Å². The van der Waals surface area contributed by atoms with Crippen LogP contribution in [0.1, 0.15) is 79.2 Å². The smallest absolute Gasteiger partial charge is 0.415 e. The number of carbonyl (C=O) groups is 8. The molecule has 4 rings (SSSR count). The van der Waals surface area contributed by atoms with E-state index in [9.17, 15) is 43.2 Å². The van der Waals surface area contributed by atoms with Crippen molar-refractivity contribution in [2.24, 2.45) is 5.92 Å². The van der Waals surface area contributed by atoms with E-state index in [-0.39, 0.29) is 86.5 Å². The van der Waals surface area contributed by atoms with Crippen LogP contribution in [0.15, 0.2) is 76.0 Å². The number of benzene rings is 2. The second kappa shape index (κ2) is 24.6. The molecule has 2 aromatic carbocycles. The molecule has 0 saturated carbocycles. The topological polar surface area (TPSA) is 252 Å². The average molecular weight is 946 g/mol. The third-order valence-electron chi connectivity index (χ3n) is 10.8. The zero-order valence-electron chi connectivity index (χ0n) is 39.9. The molecule has 3 aromatic rings. The molecule has 368 valence electrons. The van der Waals surface area contributed by atoms with Crippen LogP contribution < -0.4 is 31.6 Å². The highest BCUT2D eigenvalue weighted by molar-refractivity contribution is 6.12. The van der Waals surface area contributed by atoms with Crippen molar-refractivity contribution in [3.8, 4) is 5.75 Å². The predicted molar refractivity (Wildman–Crippen MR) is 250 cm³/mol. The predicted octanol–water partition coefficient (Wildman–Crippen LogP) is 4.25. The molecular weight excluding hydrogens is 883 g/mol. The van der Waals surface area contributed by atoms with Crippen LogP contribution in [0.4, 0.5) is 15.3 Å². The molecule has 4 N–H and O–H groups in total. The van der Waals surface area contributed by atoms with Gasteiger partial charge in [0.2, 0.25) is 23.6 Å². The molecule has 1 unspecified atom stereocenters. The largest absolute Gasteiger partial charge is 0.445 e. The molecule has 8 amide bonds. The minimum absolute atomic E-state index is 0.0626. The molecule has 1 aliphatic heterocycles. The van der Waals surface area contributed by atoms with E-state index in [1.54, 1.807) is 56.3 Å². The summed E-state index contributed by atoms with van der Waals surface area (Å²) in [5, 5.41) is 11.7. The van der Waals surface area contributed by atoms with Crippen LogP contribution in [0, 0.1) is 5.92 Å². The second-order valence-electron chi connectivity index (χ2n) is 18.0. The number of amides is 8. The summed E-state index contributed by atoms with van der Waals surface area (Å²) in [5.41, 5.74) is -0.471. The first-order valence-electron chi connectivity index (χ1n) is 22.3. The molecule has 0 fully saturated rings. The van der Waals surface area contributed by atoms with Gasteiger partial charge in [0.25, 0.3) is 11.8 Å². The van der Waals surface area contributed by atoms with Gasteiger partial charge in [-0.05, 0) is 88.8 Å². The number of hydrogen-bond acceptors (Lipinski definition) is 13. The molecule has 0 spiro atoms. The summed E-state index contributed by atoms with van der Waals surface area (Å²) < 4.78 is 22.0. The summed E-state index contributed by atoms with van der Waals surface area (Å²) >= 11 is 0. The van der Waals surface area contributed by atoms with Gasteiger partial charge in [0.05, 0.1) is 12.1 Å². The molecule has 68 heavy (non-hydrogen) atoms. The number of nitrogens with one attached hydrogen (secondary N) is 4. The Morgan fingerprint density at radius 3 is 2.09 bits per heavy atom. The van der Waals surface area contributed by atoms with Gasteiger partial charge >= 0.3 is 17.8 Å². The molecule has 0 saturated heterocycles. The van der Waals surface area contributed by atoms with Crippen molar-refractivity contribution in [1.29, 1.82) is 0 Å². The molecule has 20 heteroatoms. The molecule has 0 bridgehead atoms. The fraction of sp³-hybridized carbons (Fsp3) is 0.479. The Hall–Kier alpha value is -7.09. The summed E-state index contributed by atoms with van der Waals surface area (Å²) in [7, 11) is 3.03. The van der Waals surface area contributed by atoms with Crippen LogP contribution in [0.25, 0.3) is 11.0 Å². The highest BCUT2D eigenvalue weighted by Gasteiger charge is 2.28. The molecule has 1 aromatic heterocycles. The molecular formula is C48H63N7O13. The Balaban J connectivity index is 1.09.